The van der Waals surface area contributed by atoms with Crippen LogP contribution >= 0.6 is 0 Å². The summed E-state index contributed by atoms with van der Waals surface area (Å²) >= 11 is 0. The predicted molar refractivity (Wildman–Crippen MR) is 173 cm³/mol. The minimum Gasteiger partial charge on any atom is -0.412 e. The molecule has 0 amide bonds. The molecule has 0 aliphatic carbocycles. The van der Waals surface area contributed by atoms with E-state index >= 15 is 0 Å². The van der Waals surface area contributed by atoms with Gasteiger partial charge < -0.3 is 8.85 Å². The van der Waals surface area contributed by atoms with E-state index in [2.05, 4.69) is 142 Å². The fraction of sp³-hybridized carbons (Fsp3) is 0.800. The van der Waals surface area contributed by atoms with E-state index < -0.39 is 32.8 Å². The SMILES string of the molecule is CC(C)(C)[Si](C)(C)OC(CC#CCC(CC#C[Si](C)(C)C)O[Si](C)(C)C(C)(C)C)CC#C[Si](C)(C)C. The van der Waals surface area contributed by atoms with Crippen LogP contribution in [-0.2, 0) is 8.85 Å². The van der Waals surface area contributed by atoms with Gasteiger partial charge in [0.05, 0.1) is 12.2 Å². The molecule has 2 atom stereocenters. The molecule has 2 unspecified atom stereocenters. The molecule has 6 heteroatoms. The zero-order chi connectivity index (χ0) is 28.6. The fourth-order valence-corrected chi connectivity index (χ4v) is 6.70. The average Bonchev–Trinajstić information content (AvgIpc) is 2.60. The molecule has 0 aliphatic rings. The molecule has 206 valence electrons. The first-order valence-corrected chi connectivity index (χ1v) is 26.5. The van der Waals surface area contributed by atoms with Crippen LogP contribution in [0.2, 0.25) is 75.5 Å². The second-order valence-corrected chi connectivity index (χ2v) is 34.3. The predicted octanol–water partition coefficient (Wildman–Crippen LogP) is 9.09. The van der Waals surface area contributed by atoms with E-state index in [-0.39, 0.29) is 22.3 Å². The van der Waals surface area contributed by atoms with Crippen molar-refractivity contribution in [1.29, 1.82) is 0 Å². The third-order valence-electron chi connectivity index (χ3n) is 6.91. The van der Waals surface area contributed by atoms with Crippen molar-refractivity contribution in [2.24, 2.45) is 0 Å². The number of hydrogen-bond acceptors (Lipinski definition) is 2. The van der Waals surface area contributed by atoms with Gasteiger partial charge in [0, 0.05) is 25.7 Å². The maximum atomic E-state index is 6.76. The molecule has 0 aromatic heterocycles. The van der Waals surface area contributed by atoms with Crippen LogP contribution in [0, 0.1) is 34.8 Å². The fourth-order valence-electron chi connectivity index (χ4n) is 2.73. The highest BCUT2D eigenvalue weighted by Gasteiger charge is 2.40. The van der Waals surface area contributed by atoms with Gasteiger partial charge in [0.15, 0.2) is 16.6 Å². The van der Waals surface area contributed by atoms with E-state index in [4.69, 9.17) is 8.85 Å². The van der Waals surface area contributed by atoms with Crippen molar-refractivity contribution in [2.45, 2.75) is 155 Å². The summed E-state index contributed by atoms with van der Waals surface area (Å²) in [7, 11) is -6.59. The maximum absolute atomic E-state index is 6.76. The Labute approximate surface area is 230 Å². The van der Waals surface area contributed by atoms with Gasteiger partial charge in [0.25, 0.3) is 0 Å². The summed E-state index contributed by atoms with van der Waals surface area (Å²) < 4.78 is 13.5. The molecule has 0 aliphatic heterocycles. The van der Waals surface area contributed by atoms with E-state index in [9.17, 15) is 0 Å². The quantitative estimate of drug-likeness (QED) is 0.217. The first-order valence-electron chi connectivity index (χ1n) is 13.7. The van der Waals surface area contributed by atoms with Gasteiger partial charge in [-0.1, -0.05) is 80.8 Å². The maximum Gasteiger partial charge on any atom is 0.192 e. The molecule has 0 saturated carbocycles. The molecule has 0 spiro atoms. The lowest BCUT2D eigenvalue weighted by atomic mass is 10.1. The van der Waals surface area contributed by atoms with Gasteiger partial charge in [0.1, 0.15) is 16.1 Å². The Kier molecular flexibility index (Phi) is 13.3. The van der Waals surface area contributed by atoms with Crippen LogP contribution in [-0.4, -0.2) is 45.0 Å². The standard InChI is InChI=1S/C30H58O2Si4/c1-29(2,3)35(13,14)31-27(23-19-25-33(7,8)9)21-17-18-22-28(24-20-26-34(10,11)12)32-36(15,16)30(4,5)6/h27-28H,21-24H2,1-16H3. The molecule has 0 heterocycles. The van der Waals surface area contributed by atoms with Gasteiger partial charge in [0.2, 0.25) is 0 Å². The zero-order valence-corrected chi connectivity index (χ0v) is 30.8. The monoisotopic (exact) mass is 562 g/mol. The Balaban J connectivity index is 5.68. The van der Waals surface area contributed by atoms with E-state index in [1.165, 1.54) is 0 Å². The number of rotatable bonds is 8. The van der Waals surface area contributed by atoms with Crippen LogP contribution in [0.5, 0.6) is 0 Å². The van der Waals surface area contributed by atoms with Gasteiger partial charge >= 0.3 is 0 Å². The third kappa shape index (κ3) is 15.0. The third-order valence-corrected chi connectivity index (χ3v) is 17.8. The highest BCUT2D eigenvalue weighted by Crippen LogP contribution is 2.39. The van der Waals surface area contributed by atoms with Gasteiger partial charge in [-0.3, -0.25) is 0 Å². The largest absolute Gasteiger partial charge is 0.412 e. The molecule has 0 radical (unpaired) electrons. The molecule has 0 aromatic rings. The first kappa shape index (κ1) is 35.5. The molecule has 2 nitrogen and oxygen atoms in total. The van der Waals surface area contributed by atoms with Gasteiger partial charge in [-0.25, -0.2) is 0 Å². The van der Waals surface area contributed by atoms with Gasteiger partial charge in [-0.2, -0.15) is 0 Å². The summed E-state index contributed by atoms with van der Waals surface area (Å²) in [6, 6.07) is 0. The van der Waals surface area contributed by atoms with Crippen molar-refractivity contribution in [2.75, 3.05) is 0 Å². The zero-order valence-electron chi connectivity index (χ0n) is 26.8. The first-order chi connectivity index (χ1) is 15.9. The molecule has 0 bridgehead atoms. The van der Waals surface area contributed by atoms with Crippen molar-refractivity contribution in [3.63, 3.8) is 0 Å². The van der Waals surface area contributed by atoms with Crippen LogP contribution in [0.25, 0.3) is 0 Å². The minimum absolute atomic E-state index is 0.0636. The van der Waals surface area contributed by atoms with Crippen molar-refractivity contribution in [3.05, 3.63) is 0 Å². The van der Waals surface area contributed by atoms with E-state index in [0.717, 1.165) is 25.7 Å². The van der Waals surface area contributed by atoms with E-state index in [1.54, 1.807) is 0 Å². The second-order valence-electron chi connectivity index (χ2n) is 15.3. The van der Waals surface area contributed by atoms with Gasteiger partial charge in [-0.05, 0) is 36.3 Å². The summed E-state index contributed by atoms with van der Waals surface area (Å²) in [5, 5.41) is 0.337. The van der Waals surface area contributed by atoms with Crippen LogP contribution in [0.15, 0.2) is 0 Å². The molecule has 0 rings (SSSR count). The molecule has 36 heavy (non-hydrogen) atoms. The second kappa shape index (κ2) is 13.5. The molecule has 0 aromatic carbocycles. The Morgan fingerprint density at radius 2 is 0.722 bits per heavy atom. The molecule has 0 saturated heterocycles. The number of hydrogen-bond donors (Lipinski definition) is 0. The van der Waals surface area contributed by atoms with E-state index in [0.29, 0.717) is 0 Å². The Bertz CT molecular complexity index is 802. The topological polar surface area (TPSA) is 18.5 Å². The summed E-state index contributed by atoms with van der Waals surface area (Å²) in [6.45, 7) is 36.8. The highest BCUT2D eigenvalue weighted by atomic mass is 28.4. The Morgan fingerprint density at radius 1 is 0.472 bits per heavy atom. The molecular weight excluding hydrogens is 505 g/mol. The summed E-state index contributed by atoms with van der Waals surface area (Å²) in [6.07, 6.45) is 3.09. The van der Waals surface area contributed by atoms with Crippen molar-refractivity contribution < 1.29 is 8.85 Å². The van der Waals surface area contributed by atoms with Crippen LogP contribution in [0.3, 0.4) is 0 Å². The summed E-state index contributed by atoms with van der Waals surface area (Å²) in [4.78, 5) is 0. The van der Waals surface area contributed by atoms with E-state index in [1.807, 2.05) is 0 Å². The average molecular weight is 563 g/mol. The normalized spacial score (nSPS) is 15.0. The van der Waals surface area contributed by atoms with Crippen LogP contribution in [0.1, 0.15) is 67.2 Å². The Hall–Kier alpha value is -0.532. The summed E-state index contributed by atoms with van der Waals surface area (Å²) in [5.74, 6) is 13.8. The lowest BCUT2D eigenvalue weighted by Gasteiger charge is -2.39. The van der Waals surface area contributed by atoms with Gasteiger partial charge in [-0.15, -0.1) is 34.8 Å². The lowest BCUT2D eigenvalue weighted by Crippen LogP contribution is -2.44. The molecule has 0 fully saturated rings. The molecule has 0 N–H and O–H groups in total. The van der Waals surface area contributed by atoms with Crippen LogP contribution < -0.4 is 0 Å². The van der Waals surface area contributed by atoms with Crippen molar-refractivity contribution in [3.8, 4) is 34.8 Å². The summed E-state index contributed by atoms with van der Waals surface area (Å²) in [5.41, 5.74) is 7.02. The van der Waals surface area contributed by atoms with Crippen molar-refractivity contribution >= 4 is 32.8 Å². The minimum atomic E-state index is -1.89. The van der Waals surface area contributed by atoms with Crippen molar-refractivity contribution in [1.82, 2.24) is 0 Å². The Morgan fingerprint density at radius 3 is 0.944 bits per heavy atom. The smallest absolute Gasteiger partial charge is 0.192 e. The highest BCUT2D eigenvalue weighted by molar-refractivity contribution is 6.84. The molecular formula is C30H58O2Si4. The lowest BCUT2D eigenvalue weighted by molar-refractivity contribution is 0.188. The van der Waals surface area contributed by atoms with Crippen LogP contribution in [0.4, 0.5) is 0 Å².